The van der Waals surface area contributed by atoms with E-state index in [1.165, 1.54) is 0 Å². The molecule has 20 heavy (non-hydrogen) atoms. The predicted molar refractivity (Wildman–Crippen MR) is 85.9 cm³/mol. The van der Waals surface area contributed by atoms with Gasteiger partial charge in [-0.2, -0.15) is 0 Å². The Kier molecular flexibility index (Phi) is 7.02. The number of amides is 1. The zero-order valence-corrected chi connectivity index (χ0v) is 13.9. The first-order chi connectivity index (χ1) is 9.46. The SMILES string of the molecule is COc1cc(NC(=O)CC(CN)CC(C)C)ccc1Br. The van der Waals surface area contributed by atoms with Crippen LogP contribution in [0.5, 0.6) is 5.75 Å². The summed E-state index contributed by atoms with van der Waals surface area (Å²) in [6, 6.07) is 5.48. The number of nitrogens with one attached hydrogen (secondary N) is 1. The Hall–Kier alpha value is -1.07. The second-order valence-electron chi connectivity index (χ2n) is 5.33. The molecule has 0 aliphatic rings. The van der Waals surface area contributed by atoms with Crippen molar-refractivity contribution >= 4 is 27.5 Å². The van der Waals surface area contributed by atoms with E-state index in [2.05, 4.69) is 35.1 Å². The molecule has 0 heterocycles. The highest BCUT2D eigenvalue weighted by Gasteiger charge is 2.14. The number of hydrogen-bond acceptors (Lipinski definition) is 3. The molecule has 1 atom stereocenters. The van der Waals surface area contributed by atoms with Gasteiger partial charge in [0.05, 0.1) is 11.6 Å². The summed E-state index contributed by atoms with van der Waals surface area (Å²) in [6.07, 6.45) is 1.42. The lowest BCUT2D eigenvalue weighted by molar-refractivity contribution is -0.117. The Morgan fingerprint density at radius 2 is 2.15 bits per heavy atom. The molecule has 0 aliphatic heterocycles. The Morgan fingerprint density at radius 1 is 1.45 bits per heavy atom. The Bertz CT molecular complexity index is 449. The molecule has 112 valence electrons. The maximum absolute atomic E-state index is 12.0. The van der Waals surface area contributed by atoms with E-state index in [0.717, 1.165) is 16.6 Å². The molecular formula is C15H23BrN2O2. The third-order valence-electron chi connectivity index (χ3n) is 3.05. The summed E-state index contributed by atoms with van der Waals surface area (Å²) < 4.78 is 6.06. The molecule has 0 aliphatic carbocycles. The molecule has 0 radical (unpaired) electrons. The molecule has 3 N–H and O–H groups in total. The van der Waals surface area contributed by atoms with Crippen molar-refractivity contribution in [1.82, 2.24) is 0 Å². The number of nitrogens with two attached hydrogens (primary N) is 1. The minimum atomic E-state index is -0.00882. The van der Waals surface area contributed by atoms with Gasteiger partial charge in [-0.25, -0.2) is 0 Å². The predicted octanol–water partition coefficient (Wildman–Crippen LogP) is 3.41. The molecule has 5 heteroatoms. The molecule has 1 rings (SSSR count). The van der Waals surface area contributed by atoms with Gasteiger partial charge in [-0.15, -0.1) is 0 Å². The minimum Gasteiger partial charge on any atom is -0.495 e. The smallest absolute Gasteiger partial charge is 0.224 e. The third kappa shape index (κ3) is 5.51. The quantitative estimate of drug-likeness (QED) is 0.797. The van der Waals surface area contributed by atoms with Gasteiger partial charge in [0, 0.05) is 18.2 Å². The van der Waals surface area contributed by atoms with Crippen LogP contribution in [0.4, 0.5) is 5.69 Å². The Balaban J connectivity index is 2.61. The van der Waals surface area contributed by atoms with Gasteiger partial charge in [-0.05, 0) is 52.9 Å². The van der Waals surface area contributed by atoms with Gasteiger partial charge in [0.15, 0.2) is 0 Å². The van der Waals surface area contributed by atoms with Crippen molar-refractivity contribution in [2.75, 3.05) is 19.0 Å². The molecule has 0 spiro atoms. The fourth-order valence-corrected chi connectivity index (χ4v) is 2.55. The summed E-state index contributed by atoms with van der Waals surface area (Å²) in [5, 5.41) is 2.89. The molecular weight excluding hydrogens is 320 g/mol. The van der Waals surface area contributed by atoms with Gasteiger partial charge in [0.25, 0.3) is 0 Å². The van der Waals surface area contributed by atoms with E-state index >= 15 is 0 Å². The van der Waals surface area contributed by atoms with Crippen LogP contribution in [0.15, 0.2) is 22.7 Å². The number of rotatable bonds is 7. The molecule has 0 saturated heterocycles. The highest BCUT2D eigenvalue weighted by Crippen LogP contribution is 2.28. The summed E-state index contributed by atoms with van der Waals surface area (Å²) in [6.45, 7) is 4.82. The van der Waals surface area contributed by atoms with E-state index in [1.807, 2.05) is 12.1 Å². The molecule has 4 nitrogen and oxygen atoms in total. The van der Waals surface area contributed by atoms with E-state index in [9.17, 15) is 4.79 Å². The normalized spacial score (nSPS) is 12.3. The maximum atomic E-state index is 12.0. The summed E-state index contributed by atoms with van der Waals surface area (Å²) in [5.74, 6) is 1.46. The largest absolute Gasteiger partial charge is 0.495 e. The standard InChI is InChI=1S/C15H23BrN2O2/c1-10(2)6-11(9-17)7-15(19)18-12-4-5-13(16)14(8-12)20-3/h4-5,8,10-11H,6-7,9,17H2,1-3H3,(H,18,19). The highest BCUT2D eigenvalue weighted by molar-refractivity contribution is 9.10. The summed E-state index contributed by atoms with van der Waals surface area (Å²) in [7, 11) is 1.60. The fourth-order valence-electron chi connectivity index (χ4n) is 2.14. The Morgan fingerprint density at radius 3 is 2.70 bits per heavy atom. The van der Waals surface area contributed by atoms with Crippen molar-refractivity contribution in [3.63, 3.8) is 0 Å². The number of carbonyl (C=O) groups is 1. The average Bonchev–Trinajstić information content (AvgIpc) is 2.39. The van der Waals surface area contributed by atoms with Gasteiger partial charge in [-0.3, -0.25) is 4.79 Å². The van der Waals surface area contributed by atoms with Gasteiger partial charge in [0.2, 0.25) is 5.91 Å². The van der Waals surface area contributed by atoms with E-state index < -0.39 is 0 Å². The lowest BCUT2D eigenvalue weighted by Crippen LogP contribution is -2.23. The van der Waals surface area contributed by atoms with Crippen LogP contribution >= 0.6 is 15.9 Å². The monoisotopic (exact) mass is 342 g/mol. The topological polar surface area (TPSA) is 64.3 Å². The first kappa shape index (κ1) is 17.0. The number of methoxy groups -OCH3 is 1. The Labute approximate surface area is 129 Å². The summed E-state index contributed by atoms with van der Waals surface area (Å²) >= 11 is 3.38. The number of anilines is 1. The fraction of sp³-hybridized carbons (Fsp3) is 0.533. The molecule has 1 aromatic carbocycles. The second kappa shape index (κ2) is 8.27. The van der Waals surface area contributed by atoms with Crippen molar-refractivity contribution < 1.29 is 9.53 Å². The zero-order chi connectivity index (χ0) is 15.1. The number of halogens is 1. The van der Waals surface area contributed by atoms with Crippen molar-refractivity contribution in [2.45, 2.75) is 26.7 Å². The molecule has 0 saturated carbocycles. The van der Waals surface area contributed by atoms with Gasteiger partial charge >= 0.3 is 0 Å². The summed E-state index contributed by atoms with van der Waals surface area (Å²) in [5.41, 5.74) is 6.45. The van der Waals surface area contributed by atoms with Crippen LogP contribution < -0.4 is 15.8 Å². The van der Waals surface area contributed by atoms with E-state index in [1.54, 1.807) is 13.2 Å². The second-order valence-corrected chi connectivity index (χ2v) is 6.19. The van der Waals surface area contributed by atoms with Gasteiger partial charge < -0.3 is 15.8 Å². The van der Waals surface area contributed by atoms with E-state index in [0.29, 0.717) is 24.6 Å². The first-order valence-corrected chi connectivity index (χ1v) is 7.59. The summed E-state index contributed by atoms with van der Waals surface area (Å²) in [4.78, 5) is 12.0. The zero-order valence-electron chi connectivity index (χ0n) is 12.3. The van der Waals surface area contributed by atoms with Crippen LogP contribution in [0.3, 0.4) is 0 Å². The number of benzene rings is 1. The first-order valence-electron chi connectivity index (χ1n) is 6.79. The molecule has 0 bridgehead atoms. The van der Waals surface area contributed by atoms with Gasteiger partial charge in [0.1, 0.15) is 5.75 Å². The van der Waals surface area contributed by atoms with Crippen molar-refractivity contribution in [3.8, 4) is 5.75 Å². The van der Waals surface area contributed by atoms with Crippen LogP contribution in [-0.2, 0) is 4.79 Å². The van der Waals surface area contributed by atoms with Crippen molar-refractivity contribution in [1.29, 1.82) is 0 Å². The molecule has 1 amide bonds. The van der Waals surface area contributed by atoms with Crippen LogP contribution in [0.2, 0.25) is 0 Å². The minimum absolute atomic E-state index is 0.00882. The van der Waals surface area contributed by atoms with Crippen LogP contribution in [0, 0.1) is 11.8 Å². The highest BCUT2D eigenvalue weighted by atomic mass is 79.9. The maximum Gasteiger partial charge on any atom is 0.224 e. The van der Waals surface area contributed by atoms with E-state index in [-0.39, 0.29) is 11.8 Å². The molecule has 1 unspecified atom stereocenters. The lowest BCUT2D eigenvalue weighted by Gasteiger charge is -2.16. The van der Waals surface area contributed by atoms with Crippen molar-refractivity contribution in [2.24, 2.45) is 17.6 Å². The molecule has 0 fully saturated rings. The number of hydrogen-bond donors (Lipinski definition) is 2. The van der Waals surface area contributed by atoms with Crippen LogP contribution in [0.1, 0.15) is 26.7 Å². The van der Waals surface area contributed by atoms with Crippen molar-refractivity contribution in [3.05, 3.63) is 22.7 Å². The molecule has 0 aromatic heterocycles. The van der Waals surface area contributed by atoms with Gasteiger partial charge in [-0.1, -0.05) is 13.8 Å². The molecule has 1 aromatic rings. The third-order valence-corrected chi connectivity index (χ3v) is 3.70. The average molecular weight is 343 g/mol. The van der Waals surface area contributed by atoms with Crippen LogP contribution in [-0.4, -0.2) is 19.6 Å². The van der Waals surface area contributed by atoms with E-state index in [4.69, 9.17) is 10.5 Å². The number of carbonyl (C=O) groups excluding carboxylic acids is 1. The van der Waals surface area contributed by atoms with Crippen LogP contribution in [0.25, 0.3) is 0 Å². The number of ether oxygens (including phenoxy) is 1. The lowest BCUT2D eigenvalue weighted by atomic mass is 9.94.